The molecule has 1 aromatic rings. The van der Waals surface area contributed by atoms with E-state index in [9.17, 15) is 4.39 Å². The van der Waals surface area contributed by atoms with Crippen molar-refractivity contribution in [2.24, 2.45) is 17.6 Å². The van der Waals surface area contributed by atoms with Gasteiger partial charge in [-0.1, -0.05) is 26.0 Å². The van der Waals surface area contributed by atoms with E-state index in [1.807, 2.05) is 12.1 Å². The fourth-order valence-electron chi connectivity index (χ4n) is 3.20. The van der Waals surface area contributed by atoms with E-state index in [0.29, 0.717) is 11.8 Å². The van der Waals surface area contributed by atoms with Crippen LogP contribution >= 0.6 is 0 Å². The monoisotopic (exact) mass is 221 g/mol. The summed E-state index contributed by atoms with van der Waals surface area (Å²) in [6.45, 7) is 4.50. The largest absolute Gasteiger partial charge is 0.321 e. The molecule has 16 heavy (non-hydrogen) atoms. The van der Waals surface area contributed by atoms with Crippen LogP contribution in [0.4, 0.5) is 4.39 Å². The quantitative estimate of drug-likeness (QED) is 0.772. The zero-order chi connectivity index (χ0) is 11.8. The summed E-state index contributed by atoms with van der Waals surface area (Å²) < 4.78 is 12.9. The molecule has 2 heteroatoms. The van der Waals surface area contributed by atoms with Gasteiger partial charge in [0, 0.05) is 5.54 Å². The van der Waals surface area contributed by atoms with E-state index in [2.05, 4.69) is 13.8 Å². The van der Waals surface area contributed by atoms with Crippen LogP contribution in [-0.2, 0) is 5.54 Å². The number of benzene rings is 1. The number of nitrogens with two attached hydrogens (primary N) is 1. The Kier molecular flexibility index (Phi) is 3.02. The summed E-state index contributed by atoms with van der Waals surface area (Å²) in [4.78, 5) is 0. The summed E-state index contributed by atoms with van der Waals surface area (Å²) in [6, 6.07) is 6.68. The van der Waals surface area contributed by atoms with Gasteiger partial charge in [-0.05, 0) is 48.8 Å². The van der Waals surface area contributed by atoms with Gasteiger partial charge < -0.3 is 5.73 Å². The maximum absolute atomic E-state index is 12.9. The molecule has 0 bridgehead atoms. The van der Waals surface area contributed by atoms with Gasteiger partial charge in [0.25, 0.3) is 0 Å². The van der Waals surface area contributed by atoms with Crippen LogP contribution in [0, 0.1) is 17.7 Å². The van der Waals surface area contributed by atoms with E-state index in [-0.39, 0.29) is 11.4 Å². The summed E-state index contributed by atoms with van der Waals surface area (Å²) in [7, 11) is 0. The molecule has 88 valence electrons. The summed E-state index contributed by atoms with van der Waals surface area (Å²) >= 11 is 0. The minimum absolute atomic E-state index is 0.191. The molecule has 2 atom stereocenters. The van der Waals surface area contributed by atoms with Crippen LogP contribution in [0.2, 0.25) is 0 Å². The van der Waals surface area contributed by atoms with Crippen LogP contribution in [0.3, 0.4) is 0 Å². The van der Waals surface area contributed by atoms with Crippen LogP contribution < -0.4 is 5.73 Å². The highest BCUT2D eigenvalue weighted by Crippen LogP contribution is 2.40. The van der Waals surface area contributed by atoms with Crippen molar-refractivity contribution in [3.05, 3.63) is 35.6 Å². The molecule has 2 N–H and O–H groups in total. The lowest BCUT2D eigenvalue weighted by molar-refractivity contribution is 0.183. The number of halogens is 1. The van der Waals surface area contributed by atoms with E-state index in [1.165, 1.54) is 18.6 Å². The van der Waals surface area contributed by atoms with Crippen molar-refractivity contribution in [1.82, 2.24) is 0 Å². The van der Waals surface area contributed by atoms with Crippen molar-refractivity contribution < 1.29 is 4.39 Å². The molecule has 1 fully saturated rings. The van der Waals surface area contributed by atoms with Gasteiger partial charge in [0.05, 0.1) is 0 Å². The van der Waals surface area contributed by atoms with Gasteiger partial charge in [-0.3, -0.25) is 0 Å². The second-order valence-corrected chi connectivity index (χ2v) is 5.52. The SMILES string of the molecule is CC1CC(C)CC(N)(c2ccc(F)cc2)C1. The van der Waals surface area contributed by atoms with Crippen LogP contribution in [0.25, 0.3) is 0 Å². The molecule has 1 saturated carbocycles. The van der Waals surface area contributed by atoms with Crippen LogP contribution in [0.15, 0.2) is 24.3 Å². The van der Waals surface area contributed by atoms with E-state index in [4.69, 9.17) is 5.73 Å². The van der Waals surface area contributed by atoms with Gasteiger partial charge in [-0.2, -0.15) is 0 Å². The first-order valence-electron chi connectivity index (χ1n) is 6.04. The average molecular weight is 221 g/mol. The minimum Gasteiger partial charge on any atom is -0.321 e. The van der Waals surface area contributed by atoms with Crippen molar-refractivity contribution in [2.75, 3.05) is 0 Å². The summed E-state index contributed by atoms with van der Waals surface area (Å²) in [5, 5.41) is 0. The normalized spacial score (nSPS) is 35.0. The Bertz CT molecular complexity index is 348. The van der Waals surface area contributed by atoms with E-state index >= 15 is 0 Å². The molecule has 0 spiro atoms. The maximum Gasteiger partial charge on any atom is 0.123 e. The molecular weight excluding hydrogens is 201 g/mol. The Morgan fingerprint density at radius 3 is 2.12 bits per heavy atom. The number of hydrogen-bond acceptors (Lipinski definition) is 1. The third kappa shape index (κ3) is 2.27. The lowest BCUT2D eigenvalue weighted by Crippen LogP contribution is -2.43. The molecule has 1 aliphatic rings. The zero-order valence-corrected chi connectivity index (χ0v) is 10.0. The van der Waals surface area contributed by atoms with Gasteiger partial charge in [-0.25, -0.2) is 4.39 Å². The van der Waals surface area contributed by atoms with E-state index in [1.54, 1.807) is 0 Å². The van der Waals surface area contributed by atoms with E-state index < -0.39 is 0 Å². The second-order valence-electron chi connectivity index (χ2n) is 5.52. The van der Waals surface area contributed by atoms with Crippen molar-refractivity contribution in [3.63, 3.8) is 0 Å². The molecule has 0 aromatic heterocycles. The summed E-state index contributed by atoms with van der Waals surface area (Å²) in [6.07, 6.45) is 3.26. The standard InChI is InChI=1S/C14H20FN/c1-10-7-11(2)9-14(16,8-10)12-3-5-13(15)6-4-12/h3-6,10-11H,7-9,16H2,1-2H3. The first-order chi connectivity index (χ1) is 7.49. The third-order valence-corrected chi connectivity index (χ3v) is 3.65. The maximum atomic E-state index is 12.9. The minimum atomic E-state index is -0.259. The zero-order valence-electron chi connectivity index (χ0n) is 10.0. The molecule has 2 unspecified atom stereocenters. The van der Waals surface area contributed by atoms with Crippen molar-refractivity contribution in [3.8, 4) is 0 Å². The number of hydrogen-bond donors (Lipinski definition) is 1. The van der Waals surface area contributed by atoms with Gasteiger partial charge in [0.15, 0.2) is 0 Å². The third-order valence-electron chi connectivity index (χ3n) is 3.65. The predicted molar refractivity (Wildman–Crippen MR) is 64.4 cm³/mol. The molecule has 0 aliphatic heterocycles. The fourth-order valence-corrected chi connectivity index (χ4v) is 3.20. The van der Waals surface area contributed by atoms with Gasteiger partial charge in [0.2, 0.25) is 0 Å². The van der Waals surface area contributed by atoms with Crippen LogP contribution in [0.5, 0.6) is 0 Å². The molecule has 1 aromatic carbocycles. The van der Waals surface area contributed by atoms with Gasteiger partial charge in [-0.15, -0.1) is 0 Å². The topological polar surface area (TPSA) is 26.0 Å². The molecule has 1 aliphatic carbocycles. The summed E-state index contributed by atoms with van der Waals surface area (Å²) in [5.74, 6) is 1.11. The van der Waals surface area contributed by atoms with Crippen molar-refractivity contribution in [1.29, 1.82) is 0 Å². The average Bonchev–Trinajstić information content (AvgIpc) is 2.16. The highest BCUT2D eigenvalue weighted by molar-refractivity contribution is 5.25. The molecule has 0 radical (unpaired) electrons. The molecule has 2 rings (SSSR count). The van der Waals surface area contributed by atoms with Crippen LogP contribution in [0.1, 0.15) is 38.7 Å². The Hall–Kier alpha value is -0.890. The molecule has 0 heterocycles. The van der Waals surface area contributed by atoms with E-state index in [0.717, 1.165) is 18.4 Å². The lowest BCUT2D eigenvalue weighted by Gasteiger charge is -2.40. The van der Waals surface area contributed by atoms with Gasteiger partial charge in [0.1, 0.15) is 5.82 Å². The first-order valence-corrected chi connectivity index (χ1v) is 6.04. The van der Waals surface area contributed by atoms with Crippen molar-refractivity contribution in [2.45, 2.75) is 38.6 Å². The second kappa shape index (κ2) is 4.17. The first kappa shape index (κ1) is 11.6. The highest BCUT2D eigenvalue weighted by atomic mass is 19.1. The smallest absolute Gasteiger partial charge is 0.123 e. The Balaban J connectivity index is 2.26. The molecular formula is C14H20FN. The Labute approximate surface area is 96.9 Å². The number of rotatable bonds is 1. The van der Waals surface area contributed by atoms with Crippen molar-refractivity contribution >= 4 is 0 Å². The predicted octanol–water partition coefficient (Wildman–Crippen LogP) is 3.44. The lowest BCUT2D eigenvalue weighted by atomic mass is 9.69. The Morgan fingerprint density at radius 1 is 1.12 bits per heavy atom. The fraction of sp³-hybridized carbons (Fsp3) is 0.571. The van der Waals surface area contributed by atoms with Gasteiger partial charge >= 0.3 is 0 Å². The van der Waals surface area contributed by atoms with Crippen LogP contribution in [-0.4, -0.2) is 0 Å². The summed E-state index contributed by atoms with van der Waals surface area (Å²) in [5.41, 5.74) is 7.31. The molecule has 0 saturated heterocycles. The molecule has 0 amide bonds. The molecule has 1 nitrogen and oxygen atoms in total. The highest BCUT2D eigenvalue weighted by Gasteiger charge is 2.35. The Morgan fingerprint density at radius 2 is 1.62 bits per heavy atom.